The maximum absolute atomic E-state index is 12.5. The molecule has 0 aliphatic carbocycles. The molecule has 6 heteroatoms. The molecule has 0 radical (unpaired) electrons. The monoisotopic (exact) mass is 361 g/mol. The highest BCUT2D eigenvalue weighted by Crippen LogP contribution is 2.39. The van der Waals surface area contributed by atoms with E-state index < -0.39 is 5.91 Å². The summed E-state index contributed by atoms with van der Waals surface area (Å²) in [6.45, 7) is 3.82. The lowest BCUT2D eigenvalue weighted by molar-refractivity contribution is 0.100. The number of aryl methyl sites for hydroxylation is 2. The van der Waals surface area contributed by atoms with Crippen molar-refractivity contribution in [3.05, 3.63) is 65.5 Å². The molecular formula is C21H19N3O3. The van der Waals surface area contributed by atoms with E-state index in [1.807, 2.05) is 42.7 Å². The summed E-state index contributed by atoms with van der Waals surface area (Å²) >= 11 is 0. The van der Waals surface area contributed by atoms with Crippen LogP contribution in [0.4, 0.5) is 0 Å². The number of amides is 1. The van der Waals surface area contributed by atoms with Crippen molar-refractivity contribution in [1.82, 2.24) is 9.72 Å². The van der Waals surface area contributed by atoms with Crippen molar-refractivity contribution >= 4 is 16.8 Å². The number of carbonyl (C=O) groups is 1. The molecule has 0 spiro atoms. The number of nitrogens with zero attached hydrogens (tertiary/aromatic N) is 2. The van der Waals surface area contributed by atoms with Crippen LogP contribution in [0.25, 0.3) is 27.8 Å². The van der Waals surface area contributed by atoms with Gasteiger partial charge in [0.2, 0.25) is 0 Å². The van der Waals surface area contributed by atoms with Crippen molar-refractivity contribution < 1.29 is 14.4 Å². The number of hydrogen-bond acceptors (Lipinski definition) is 4. The van der Waals surface area contributed by atoms with Gasteiger partial charge in [0.15, 0.2) is 0 Å². The van der Waals surface area contributed by atoms with E-state index >= 15 is 0 Å². The molecule has 2 aromatic heterocycles. The Hall–Kier alpha value is -3.54. The Kier molecular flexibility index (Phi) is 3.96. The average Bonchev–Trinajstić information content (AvgIpc) is 3.19. The molecule has 2 aromatic carbocycles. The lowest BCUT2D eigenvalue weighted by Crippen LogP contribution is -2.13. The highest BCUT2D eigenvalue weighted by atomic mass is 16.5. The zero-order chi connectivity index (χ0) is 19.1. The number of rotatable bonds is 4. The molecule has 4 rings (SSSR count). The van der Waals surface area contributed by atoms with Crippen LogP contribution in [0.1, 0.15) is 28.7 Å². The minimum Gasteiger partial charge on any atom is -0.508 e. The van der Waals surface area contributed by atoms with E-state index in [9.17, 15) is 9.90 Å². The molecular weight excluding hydrogens is 342 g/mol. The first-order chi connectivity index (χ1) is 13.0. The first-order valence-electron chi connectivity index (χ1n) is 8.71. The quantitative estimate of drug-likeness (QED) is 0.575. The van der Waals surface area contributed by atoms with E-state index in [-0.39, 0.29) is 5.75 Å². The summed E-state index contributed by atoms with van der Waals surface area (Å²) in [5.41, 5.74) is 10.00. The maximum Gasteiger partial charge on any atom is 0.251 e. The number of aromatic nitrogens is 2. The number of fused-ring (bicyclic) bond motifs is 1. The van der Waals surface area contributed by atoms with Crippen molar-refractivity contribution in [2.24, 2.45) is 5.73 Å². The maximum atomic E-state index is 12.5. The zero-order valence-corrected chi connectivity index (χ0v) is 15.1. The van der Waals surface area contributed by atoms with E-state index in [0.717, 1.165) is 22.2 Å². The van der Waals surface area contributed by atoms with Crippen LogP contribution in [0, 0.1) is 6.92 Å². The SMILES string of the molecule is CCc1onc(C)c1-c1c(C(N)=O)c2ccccc2n1-c1ccc(O)cc1. The number of nitrogens with two attached hydrogens (primary N) is 1. The number of phenols is 1. The molecule has 3 N–H and O–H groups in total. The molecule has 136 valence electrons. The van der Waals surface area contributed by atoms with E-state index in [1.54, 1.807) is 24.3 Å². The Labute approximate surface area is 155 Å². The fourth-order valence-electron chi connectivity index (χ4n) is 3.56. The van der Waals surface area contributed by atoms with Gasteiger partial charge in [-0.2, -0.15) is 0 Å². The topological polar surface area (TPSA) is 94.3 Å². The summed E-state index contributed by atoms with van der Waals surface area (Å²) < 4.78 is 7.45. The van der Waals surface area contributed by atoms with Gasteiger partial charge in [-0.25, -0.2) is 0 Å². The fourth-order valence-corrected chi connectivity index (χ4v) is 3.56. The van der Waals surface area contributed by atoms with Gasteiger partial charge in [-0.15, -0.1) is 0 Å². The summed E-state index contributed by atoms with van der Waals surface area (Å²) in [5, 5.41) is 14.5. The molecule has 0 unspecified atom stereocenters. The average molecular weight is 361 g/mol. The van der Waals surface area contributed by atoms with Crippen LogP contribution < -0.4 is 5.73 Å². The number of carbonyl (C=O) groups excluding carboxylic acids is 1. The molecule has 0 aliphatic rings. The van der Waals surface area contributed by atoms with Crippen LogP contribution in [0.5, 0.6) is 5.75 Å². The highest BCUT2D eigenvalue weighted by Gasteiger charge is 2.27. The number of aromatic hydroxyl groups is 1. The smallest absolute Gasteiger partial charge is 0.251 e. The van der Waals surface area contributed by atoms with Crippen molar-refractivity contribution in [3.63, 3.8) is 0 Å². The van der Waals surface area contributed by atoms with Gasteiger partial charge in [0.05, 0.1) is 28.0 Å². The Morgan fingerprint density at radius 1 is 1.19 bits per heavy atom. The van der Waals surface area contributed by atoms with Crippen LogP contribution in [0.15, 0.2) is 53.1 Å². The molecule has 6 nitrogen and oxygen atoms in total. The second kappa shape index (κ2) is 6.32. The summed E-state index contributed by atoms with van der Waals surface area (Å²) in [6, 6.07) is 14.4. The third kappa shape index (κ3) is 2.57. The number of primary amides is 1. The molecule has 27 heavy (non-hydrogen) atoms. The van der Waals surface area contributed by atoms with Crippen LogP contribution in [-0.4, -0.2) is 20.7 Å². The molecule has 1 amide bonds. The first-order valence-corrected chi connectivity index (χ1v) is 8.71. The van der Waals surface area contributed by atoms with Crippen molar-refractivity contribution in [1.29, 1.82) is 0 Å². The molecule has 0 saturated heterocycles. The van der Waals surface area contributed by atoms with Crippen molar-refractivity contribution in [2.75, 3.05) is 0 Å². The minimum atomic E-state index is -0.513. The summed E-state index contributed by atoms with van der Waals surface area (Å²) in [6.07, 6.45) is 0.630. The molecule has 0 fully saturated rings. The molecule has 0 bridgehead atoms. The fraction of sp³-hybridized carbons (Fsp3) is 0.143. The van der Waals surface area contributed by atoms with Crippen LogP contribution in [0.2, 0.25) is 0 Å². The van der Waals surface area contributed by atoms with Gasteiger partial charge in [0.25, 0.3) is 5.91 Å². The lowest BCUT2D eigenvalue weighted by Gasteiger charge is -2.12. The summed E-state index contributed by atoms with van der Waals surface area (Å²) in [7, 11) is 0. The van der Waals surface area contributed by atoms with Gasteiger partial charge >= 0.3 is 0 Å². The lowest BCUT2D eigenvalue weighted by atomic mass is 10.0. The number of benzene rings is 2. The molecule has 0 atom stereocenters. The van der Waals surface area contributed by atoms with Crippen LogP contribution >= 0.6 is 0 Å². The zero-order valence-electron chi connectivity index (χ0n) is 15.1. The first kappa shape index (κ1) is 16.9. The van der Waals surface area contributed by atoms with Crippen LogP contribution in [0.3, 0.4) is 0 Å². The molecule has 0 aliphatic heterocycles. The number of para-hydroxylation sites is 1. The van der Waals surface area contributed by atoms with E-state index in [2.05, 4.69) is 5.16 Å². The molecule has 0 saturated carbocycles. The standard InChI is InChI=1S/C21H19N3O3/c1-3-17-18(12(2)23-27-17)20-19(21(22)26)15-6-4-5-7-16(15)24(20)13-8-10-14(25)11-9-13/h4-11,25H,3H2,1-2H3,(H2,22,26). The highest BCUT2D eigenvalue weighted by molar-refractivity contribution is 6.13. The van der Waals surface area contributed by atoms with Gasteiger partial charge < -0.3 is 19.9 Å². The number of phenolic OH excluding ortho intramolecular Hbond substituents is 1. The third-order valence-electron chi connectivity index (χ3n) is 4.72. The van der Waals surface area contributed by atoms with E-state index in [1.165, 1.54) is 0 Å². The normalized spacial score (nSPS) is 11.2. The van der Waals surface area contributed by atoms with Gasteiger partial charge in [-0.3, -0.25) is 4.79 Å². The van der Waals surface area contributed by atoms with E-state index in [0.29, 0.717) is 29.1 Å². The predicted octanol–water partition coefficient (Wildman–Crippen LogP) is 3.96. The van der Waals surface area contributed by atoms with Crippen molar-refractivity contribution in [3.8, 4) is 22.7 Å². The second-order valence-corrected chi connectivity index (χ2v) is 6.38. The predicted molar refractivity (Wildman–Crippen MR) is 103 cm³/mol. The summed E-state index contributed by atoms with van der Waals surface area (Å²) in [4.78, 5) is 12.5. The summed E-state index contributed by atoms with van der Waals surface area (Å²) in [5.74, 6) is 0.349. The Morgan fingerprint density at radius 2 is 1.89 bits per heavy atom. The Bertz CT molecular complexity index is 1150. The third-order valence-corrected chi connectivity index (χ3v) is 4.72. The van der Waals surface area contributed by atoms with Gasteiger partial charge in [0.1, 0.15) is 11.5 Å². The van der Waals surface area contributed by atoms with Crippen LogP contribution in [-0.2, 0) is 6.42 Å². The molecule has 4 aromatic rings. The second-order valence-electron chi connectivity index (χ2n) is 6.38. The van der Waals surface area contributed by atoms with Gasteiger partial charge in [-0.05, 0) is 37.3 Å². The van der Waals surface area contributed by atoms with Gasteiger partial charge in [0, 0.05) is 17.5 Å². The molecule has 2 heterocycles. The Morgan fingerprint density at radius 3 is 2.56 bits per heavy atom. The van der Waals surface area contributed by atoms with E-state index in [4.69, 9.17) is 10.3 Å². The Balaban J connectivity index is 2.20. The number of hydrogen-bond donors (Lipinski definition) is 2. The largest absolute Gasteiger partial charge is 0.508 e. The van der Waals surface area contributed by atoms with Gasteiger partial charge in [-0.1, -0.05) is 30.3 Å². The minimum absolute atomic E-state index is 0.169. The van der Waals surface area contributed by atoms with Crippen molar-refractivity contribution in [2.45, 2.75) is 20.3 Å².